The van der Waals surface area contributed by atoms with E-state index < -0.39 is 0 Å². The first-order valence-corrected chi connectivity index (χ1v) is 7.99. The zero-order valence-corrected chi connectivity index (χ0v) is 13.5. The molecule has 0 unspecified atom stereocenters. The van der Waals surface area contributed by atoms with Gasteiger partial charge in [0.05, 0.1) is 0 Å². The quantitative estimate of drug-likeness (QED) is 0.610. The van der Waals surface area contributed by atoms with Crippen LogP contribution in [0.5, 0.6) is 0 Å². The van der Waals surface area contributed by atoms with Gasteiger partial charge in [-0.2, -0.15) is 0 Å². The molecule has 118 valence electrons. The molecule has 4 rings (SSSR count). The average Bonchev–Trinajstić information content (AvgIpc) is 3.01. The van der Waals surface area contributed by atoms with E-state index in [0.717, 1.165) is 23.6 Å². The van der Waals surface area contributed by atoms with Gasteiger partial charge in [0.25, 0.3) is 0 Å². The summed E-state index contributed by atoms with van der Waals surface area (Å²) in [4.78, 5) is 9.07. The highest BCUT2D eigenvalue weighted by Gasteiger charge is 2.14. The van der Waals surface area contributed by atoms with Crippen LogP contribution in [0, 0.1) is 6.92 Å². The average molecular weight is 314 g/mol. The van der Waals surface area contributed by atoms with Gasteiger partial charge < -0.3 is 5.32 Å². The standard InChI is InChI=1S/C20H18N4/c1-15-8-10-16(11-9-15)14-22-19-18(17-6-3-2-4-7-17)23-20-21-12-5-13-24(19)20/h2-13,22H,14H2,1H3. The lowest BCUT2D eigenvalue weighted by atomic mass is 10.1. The second-order valence-corrected chi connectivity index (χ2v) is 5.80. The smallest absolute Gasteiger partial charge is 0.235 e. The maximum Gasteiger partial charge on any atom is 0.235 e. The van der Waals surface area contributed by atoms with Crippen LogP contribution in [-0.4, -0.2) is 14.4 Å². The van der Waals surface area contributed by atoms with Gasteiger partial charge in [0, 0.05) is 24.5 Å². The molecule has 0 saturated carbocycles. The number of aromatic nitrogens is 3. The minimum atomic E-state index is 0.697. The Kier molecular flexibility index (Phi) is 3.71. The van der Waals surface area contributed by atoms with Crippen molar-refractivity contribution in [1.29, 1.82) is 0 Å². The van der Waals surface area contributed by atoms with Crippen molar-refractivity contribution in [3.8, 4) is 11.3 Å². The molecule has 0 atom stereocenters. The van der Waals surface area contributed by atoms with Crippen LogP contribution in [0.25, 0.3) is 17.0 Å². The first kappa shape index (κ1) is 14.5. The lowest BCUT2D eigenvalue weighted by molar-refractivity contribution is 1.06. The first-order valence-electron chi connectivity index (χ1n) is 7.99. The van der Waals surface area contributed by atoms with E-state index in [4.69, 9.17) is 4.98 Å². The van der Waals surface area contributed by atoms with Crippen molar-refractivity contribution in [2.75, 3.05) is 5.32 Å². The molecule has 1 N–H and O–H groups in total. The minimum absolute atomic E-state index is 0.697. The number of nitrogens with zero attached hydrogens (tertiary/aromatic N) is 3. The molecule has 0 aliphatic carbocycles. The fourth-order valence-electron chi connectivity index (χ4n) is 2.75. The van der Waals surface area contributed by atoms with Crippen molar-refractivity contribution in [2.24, 2.45) is 0 Å². The molecule has 0 saturated heterocycles. The highest BCUT2D eigenvalue weighted by Crippen LogP contribution is 2.28. The van der Waals surface area contributed by atoms with Gasteiger partial charge in [0.15, 0.2) is 0 Å². The number of hydrogen-bond donors (Lipinski definition) is 1. The zero-order valence-electron chi connectivity index (χ0n) is 13.5. The topological polar surface area (TPSA) is 42.2 Å². The second kappa shape index (κ2) is 6.16. The van der Waals surface area contributed by atoms with Crippen LogP contribution in [0.2, 0.25) is 0 Å². The Balaban J connectivity index is 1.74. The van der Waals surface area contributed by atoms with Crippen LogP contribution >= 0.6 is 0 Å². The van der Waals surface area contributed by atoms with E-state index in [9.17, 15) is 0 Å². The van der Waals surface area contributed by atoms with Crippen LogP contribution in [0.15, 0.2) is 73.1 Å². The van der Waals surface area contributed by atoms with E-state index in [1.54, 1.807) is 6.20 Å². The summed E-state index contributed by atoms with van der Waals surface area (Å²) in [6.45, 7) is 2.84. The van der Waals surface area contributed by atoms with Crippen molar-refractivity contribution in [2.45, 2.75) is 13.5 Å². The van der Waals surface area contributed by atoms with Crippen molar-refractivity contribution in [3.05, 3.63) is 84.2 Å². The van der Waals surface area contributed by atoms with Gasteiger partial charge in [-0.25, -0.2) is 9.97 Å². The van der Waals surface area contributed by atoms with Gasteiger partial charge in [-0.05, 0) is 18.6 Å². The lowest BCUT2D eigenvalue weighted by Gasteiger charge is -2.09. The Morgan fingerprint density at radius 2 is 1.75 bits per heavy atom. The maximum atomic E-state index is 4.70. The maximum absolute atomic E-state index is 4.70. The normalized spacial score (nSPS) is 10.9. The molecular weight excluding hydrogens is 296 g/mol. The molecular formula is C20H18N4. The van der Waals surface area contributed by atoms with Gasteiger partial charge in [0.1, 0.15) is 11.5 Å². The van der Waals surface area contributed by atoms with E-state index in [1.165, 1.54) is 11.1 Å². The molecule has 4 aromatic rings. The number of fused-ring (bicyclic) bond motifs is 1. The van der Waals surface area contributed by atoms with Gasteiger partial charge in [-0.15, -0.1) is 0 Å². The Morgan fingerprint density at radius 3 is 2.54 bits per heavy atom. The number of anilines is 1. The highest BCUT2D eigenvalue weighted by molar-refractivity contribution is 5.75. The molecule has 0 aliphatic rings. The first-order chi connectivity index (χ1) is 11.8. The lowest BCUT2D eigenvalue weighted by Crippen LogP contribution is -2.03. The molecule has 4 nitrogen and oxygen atoms in total. The fourth-order valence-corrected chi connectivity index (χ4v) is 2.75. The monoisotopic (exact) mass is 314 g/mol. The number of aryl methyl sites for hydroxylation is 1. The third-order valence-corrected chi connectivity index (χ3v) is 4.03. The molecule has 2 heterocycles. The van der Waals surface area contributed by atoms with E-state index in [1.807, 2.05) is 34.9 Å². The summed E-state index contributed by atoms with van der Waals surface area (Å²) in [7, 11) is 0. The van der Waals surface area contributed by atoms with Crippen LogP contribution < -0.4 is 5.32 Å². The largest absolute Gasteiger partial charge is 0.365 e. The van der Waals surface area contributed by atoms with E-state index in [0.29, 0.717) is 5.78 Å². The van der Waals surface area contributed by atoms with Crippen molar-refractivity contribution >= 4 is 11.6 Å². The summed E-state index contributed by atoms with van der Waals surface area (Å²) in [6, 6.07) is 20.7. The molecule has 0 aliphatic heterocycles. The minimum Gasteiger partial charge on any atom is -0.365 e. The number of hydrogen-bond acceptors (Lipinski definition) is 3. The van der Waals surface area contributed by atoms with Gasteiger partial charge in [-0.1, -0.05) is 60.2 Å². The fraction of sp³-hybridized carbons (Fsp3) is 0.100. The van der Waals surface area contributed by atoms with Gasteiger partial charge >= 0.3 is 0 Å². The van der Waals surface area contributed by atoms with E-state index in [2.05, 4.69) is 53.6 Å². The summed E-state index contributed by atoms with van der Waals surface area (Å²) in [5, 5.41) is 3.53. The SMILES string of the molecule is Cc1ccc(CNc2c(-c3ccccc3)nc3ncccn23)cc1. The second-order valence-electron chi connectivity index (χ2n) is 5.80. The summed E-state index contributed by atoms with van der Waals surface area (Å²) in [5.74, 6) is 1.66. The Morgan fingerprint density at radius 1 is 0.958 bits per heavy atom. The Labute approximate surface area is 140 Å². The molecule has 4 heteroatoms. The molecule has 2 aromatic carbocycles. The van der Waals surface area contributed by atoms with Crippen LogP contribution in [0.3, 0.4) is 0 Å². The van der Waals surface area contributed by atoms with Gasteiger partial charge in [0.2, 0.25) is 5.78 Å². The van der Waals surface area contributed by atoms with E-state index >= 15 is 0 Å². The molecule has 0 amide bonds. The van der Waals surface area contributed by atoms with Crippen molar-refractivity contribution in [3.63, 3.8) is 0 Å². The summed E-state index contributed by atoms with van der Waals surface area (Å²) < 4.78 is 2.00. The van der Waals surface area contributed by atoms with Gasteiger partial charge in [-0.3, -0.25) is 4.40 Å². The third-order valence-electron chi connectivity index (χ3n) is 4.03. The predicted molar refractivity (Wildman–Crippen MR) is 96.9 cm³/mol. The highest BCUT2D eigenvalue weighted by atomic mass is 15.2. The Hall–Kier alpha value is -3.14. The van der Waals surface area contributed by atoms with Crippen LogP contribution in [0.4, 0.5) is 5.82 Å². The molecule has 24 heavy (non-hydrogen) atoms. The molecule has 0 bridgehead atoms. The summed E-state index contributed by atoms with van der Waals surface area (Å²) >= 11 is 0. The molecule has 0 fully saturated rings. The number of rotatable bonds is 4. The number of imidazole rings is 1. The van der Waals surface area contributed by atoms with Crippen molar-refractivity contribution in [1.82, 2.24) is 14.4 Å². The molecule has 0 radical (unpaired) electrons. The van der Waals surface area contributed by atoms with Crippen LogP contribution in [-0.2, 0) is 6.54 Å². The Bertz CT molecular complexity index is 956. The third kappa shape index (κ3) is 2.74. The van der Waals surface area contributed by atoms with E-state index in [-0.39, 0.29) is 0 Å². The number of benzene rings is 2. The summed E-state index contributed by atoms with van der Waals surface area (Å²) in [6.07, 6.45) is 3.75. The summed E-state index contributed by atoms with van der Waals surface area (Å²) in [5.41, 5.74) is 4.50. The van der Waals surface area contributed by atoms with Crippen LogP contribution in [0.1, 0.15) is 11.1 Å². The predicted octanol–water partition coefficient (Wildman–Crippen LogP) is 4.32. The zero-order chi connectivity index (χ0) is 16.4. The van der Waals surface area contributed by atoms with Crippen molar-refractivity contribution < 1.29 is 0 Å². The number of nitrogens with one attached hydrogen (secondary N) is 1. The molecule has 2 aromatic heterocycles. The molecule has 0 spiro atoms.